The fraction of sp³-hybridized carbons (Fsp3) is 0.400. The summed E-state index contributed by atoms with van der Waals surface area (Å²) in [6.45, 7) is 1.84. The largest absolute Gasteiger partial charge is 0.408 e. The summed E-state index contributed by atoms with van der Waals surface area (Å²) in [7, 11) is 0. The van der Waals surface area contributed by atoms with E-state index in [4.69, 9.17) is 11.6 Å². The number of carbonyl (C=O) groups is 2. The number of halogens is 4. The fourth-order valence-corrected chi connectivity index (χ4v) is 3.59. The van der Waals surface area contributed by atoms with Gasteiger partial charge < -0.3 is 10.2 Å². The average molecular weight is 472 g/mol. The van der Waals surface area contributed by atoms with Crippen LogP contribution >= 0.6 is 11.6 Å². The molecule has 1 aromatic heterocycles. The number of hydrogen-bond donors (Lipinski definition) is 1. The summed E-state index contributed by atoms with van der Waals surface area (Å²) in [5.74, 6) is -0.343. The van der Waals surface area contributed by atoms with Gasteiger partial charge in [-0.3, -0.25) is 19.3 Å². The average Bonchev–Trinajstić information content (AvgIpc) is 2.71. The van der Waals surface area contributed by atoms with Crippen molar-refractivity contribution < 1.29 is 22.8 Å². The molecule has 1 fully saturated rings. The van der Waals surface area contributed by atoms with E-state index in [1.165, 1.54) is 6.92 Å². The summed E-state index contributed by atoms with van der Waals surface area (Å²) in [5.41, 5.74) is 0.286. The third-order valence-corrected chi connectivity index (χ3v) is 5.28. The fourth-order valence-electron chi connectivity index (χ4n) is 3.33. The van der Waals surface area contributed by atoms with Crippen molar-refractivity contribution in [1.29, 1.82) is 0 Å². The SMILES string of the molecule is CC(=O)c1cccc(NC(=O)CN2CCN(c3cnn(CC(F)(F)F)c(=O)c3Cl)CC2)c1. The first kappa shape index (κ1) is 23.7. The minimum absolute atomic E-state index is 0.101. The molecular weight excluding hydrogens is 451 g/mol. The Labute approximate surface area is 186 Å². The number of nitrogens with zero attached hydrogens (tertiary/aromatic N) is 4. The van der Waals surface area contributed by atoms with Crippen molar-refractivity contribution in [3.8, 4) is 0 Å². The number of aromatic nitrogens is 2. The van der Waals surface area contributed by atoms with Crippen LogP contribution in [0.1, 0.15) is 17.3 Å². The van der Waals surface area contributed by atoms with Gasteiger partial charge in [0.25, 0.3) is 5.56 Å². The van der Waals surface area contributed by atoms with E-state index in [9.17, 15) is 27.6 Å². The summed E-state index contributed by atoms with van der Waals surface area (Å²) in [5, 5.41) is 6.03. The lowest BCUT2D eigenvalue weighted by Crippen LogP contribution is -2.49. The predicted molar refractivity (Wildman–Crippen MR) is 113 cm³/mol. The first-order chi connectivity index (χ1) is 15.0. The van der Waals surface area contributed by atoms with Crippen LogP contribution in [-0.4, -0.2) is 65.3 Å². The van der Waals surface area contributed by atoms with Crippen LogP contribution in [0.15, 0.2) is 35.3 Å². The summed E-state index contributed by atoms with van der Waals surface area (Å²) in [4.78, 5) is 39.6. The number of hydrogen-bond acceptors (Lipinski definition) is 6. The molecule has 3 rings (SSSR count). The van der Waals surface area contributed by atoms with E-state index in [2.05, 4.69) is 10.4 Å². The van der Waals surface area contributed by atoms with Gasteiger partial charge in [-0.25, -0.2) is 4.68 Å². The van der Waals surface area contributed by atoms with Crippen LogP contribution in [0.5, 0.6) is 0 Å². The molecule has 1 N–H and O–H groups in total. The van der Waals surface area contributed by atoms with Gasteiger partial charge in [0, 0.05) is 37.4 Å². The molecule has 0 saturated carbocycles. The third kappa shape index (κ3) is 6.07. The van der Waals surface area contributed by atoms with Crippen LogP contribution < -0.4 is 15.8 Å². The number of amides is 1. The van der Waals surface area contributed by atoms with Crippen LogP contribution in [-0.2, 0) is 11.3 Å². The summed E-state index contributed by atoms with van der Waals surface area (Å²) in [6, 6.07) is 6.65. The molecule has 1 aliphatic rings. The zero-order valence-corrected chi connectivity index (χ0v) is 17.9. The van der Waals surface area contributed by atoms with E-state index in [0.717, 1.165) is 6.20 Å². The highest BCUT2D eigenvalue weighted by molar-refractivity contribution is 6.33. The number of nitrogens with one attached hydrogen (secondary N) is 1. The van der Waals surface area contributed by atoms with Crippen molar-refractivity contribution >= 4 is 34.7 Å². The molecule has 1 aromatic carbocycles. The normalized spacial score (nSPS) is 15.0. The number of anilines is 2. The molecule has 32 heavy (non-hydrogen) atoms. The third-order valence-electron chi connectivity index (χ3n) is 4.93. The maximum absolute atomic E-state index is 12.5. The summed E-state index contributed by atoms with van der Waals surface area (Å²) in [6.07, 6.45) is -3.43. The molecule has 0 unspecified atom stereocenters. The minimum atomic E-state index is -4.58. The maximum Gasteiger partial charge on any atom is 0.408 e. The molecule has 0 bridgehead atoms. The molecule has 1 saturated heterocycles. The quantitative estimate of drug-likeness (QED) is 0.651. The second kappa shape index (κ2) is 9.70. The number of Topliss-reactive ketones (excluding diaryl/α,β-unsaturated/α-hetero) is 1. The lowest BCUT2D eigenvalue weighted by atomic mass is 10.1. The zero-order valence-electron chi connectivity index (χ0n) is 17.2. The molecule has 0 aliphatic carbocycles. The van der Waals surface area contributed by atoms with Crippen molar-refractivity contribution in [2.75, 3.05) is 42.9 Å². The lowest BCUT2D eigenvalue weighted by Gasteiger charge is -2.35. The number of benzene rings is 1. The Morgan fingerprint density at radius 1 is 1.19 bits per heavy atom. The van der Waals surface area contributed by atoms with Crippen LogP contribution in [0.25, 0.3) is 0 Å². The zero-order chi connectivity index (χ0) is 23.5. The van der Waals surface area contributed by atoms with Crippen molar-refractivity contribution in [3.05, 3.63) is 51.4 Å². The lowest BCUT2D eigenvalue weighted by molar-refractivity contribution is -0.143. The Kier molecular flexibility index (Phi) is 7.19. The van der Waals surface area contributed by atoms with Crippen LogP contribution in [0.4, 0.5) is 24.5 Å². The van der Waals surface area contributed by atoms with Crippen LogP contribution in [0.3, 0.4) is 0 Å². The molecule has 0 spiro atoms. The number of ketones is 1. The molecule has 172 valence electrons. The molecule has 2 aromatic rings. The van der Waals surface area contributed by atoms with E-state index in [1.54, 1.807) is 29.2 Å². The highest BCUT2D eigenvalue weighted by Gasteiger charge is 2.30. The monoisotopic (exact) mass is 471 g/mol. The smallest absolute Gasteiger partial charge is 0.366 e. The van der Waals surface area contributed by atoms with E-state index < -0.39 is 18.3 Å². The number of carbonyl (C=O) groups excluding carboxylic acids is 2. The van der Waals surface area contributed by atoms with Crippen molar-refractivity contribution in [3.63, 3.8) is 0 Å². The van der Waals surface area contributed by atoms with Crippen molar-refractivity contribution in [2.24, 2.45) is 0 Å². The molecule has 1 amide bonds. The minimum Gasteiger partial charge on any atom is -0.366 e. The number of rotatable bonds is 6. The second-order valence-electron chi connectivity index (χ2n) is 7.37. The van der Waals surface area contributed by atoms with Crippen molar-refractivity contribution in [1.82, 2.24) is 14.7 Å². The van der Waals surface area contributed by atoms with Gasteiger partial charge in [-0.2, -0.15) is 18.3 Å². The van der Waals surface area contributed by atoms with Gasteiger partial charge in [-0.1, -0.05) is 23.7 Å². The van der Waals surface area contributed by atoms with Gasteiger partial charge in [-0.15, -0.1) is 0 Å². The standard InChI is InChI=1S/C20H21ClF3N5O3/c1-13(30)14-3-2-4-15(9-14)26-17(31)11-27-5-7-28(8-6-27)16-10-25-29(12-20(22,23)24)19(32)18(16)21/h2-4,9-10H,5-8,11-12H2,1H3,(H,26,31). The number of piperazine rings is 1. The Hall–Kier alpha value is -2.92. The Morgan fingerprint density at radius 3 is 2.50 bits per heavy atom. The van der Waals surface area contributed by atoms with Gasteiger partial charge in [0.05, 0.1) is 18.4 Å². The highest BCUT2D eigenvalue weighted by atomic mass is 35.5. The molecule has 1 aliphatic heterocycles. The van der Waals surface area contributed by atoms with E-state index in [1.807, 2.05) is 4.90 Å². The molecule has 0 radical (unpaired) electrons. The Bertz CT molecular complexity index is 1070. The van der Waals surface area contributed by atoms with Gasteiger partial charge >= 0.3 is 6.18 Å². The summed E-state index contributed by atoms with van der Waals surface area (Å²) < 4.78 is 37.9. The first-order valence-corrected chi connectivity index (χ1v) is 10.1. The molecule has 2 heterocycles. The van der Waals surface area contributed by atoms with Gasteiger partial charge in [0.2, 0.25) is 5.91 Å². The van der Waals surface area contributed by atoms with Crippen LogP contribution in [0, 0.1) is 0 Å². The topological polar surface area (TPSA) is 87.5 Å². The second-order valence-corrected chi connectivity index (χ2v) is 7.75. The van der Waals surface area contributed by atoms with Gasteiger partial charge in [0.1, 0.15) is 11.6 Å². The highest BCUT2D eigenvalue weighted by Crippen LogP contribution is 2.23. The predicted octanol–water partition coefficient (Wildman–Crippen LogP) is 2.42. The molecule has 8 nitrogen and oxygen atoms in total. The van der Waals surface area contributed by atoms with E-state index in [0.29, 0.717) is 37.4 Å². The Balaban J connectivity index is 1.57. The summed E-state index contributed by atoms with van der Waals surface area (Å²) >= 11 is 6.02. The maximum atomic E-state index is 12.5. The van der Waals surface area contributed by atoms with Gasteiger partial charge in [0.15, 0.2) is 5.78 Å². The van der Waals surface area contributed by atoms with E-state index in [-0.39, 0.29) is 33.6 Å². The van der Waals surface area contributed by atoms with Gasteiger partial charge in [-0.05, 0) is 19.1 Å². The first-order valence-electron chi connectivity index (χ1n) is 9.74. The van der Waals surface area contributed by atoms with Crippen LogP contribution in [0.2, 0.25) is 5.02 Å². The van der Waals surface area contributed by atoms with E-state index >= 15 is 0 Å². The number of alkyl halides is 3. The Morgan fingerprint density at radius 2 is 1.88 bits per heavy atom. The molecule has 0 atom stereocenters. The van der Waals surface area contributed by atoms with Crippen molar-refractivity contribution in [2.45, 2.75) is 19.6 Å². The molecule has 12 heteroatoms. The molecular formula is C20H21ClF3N5O3.